The average molecular weight is 501 g/mol. The zero-order valence-corrected chi connectivity index (χ0v) is 20.9. The number of H-pyrrole nitrogens is 2. The molecule has 2 N–H and O–H groups in total. The second-order valence-corrected chi connectivity index (χ2v) is 9.35. The number of aromatic amines is 2. The summed E-state index contributed by atoms with van der Waals surface area (Å²) in [5.41, 5.74) is 6.31. The van der Waals surface area contributed by atoms with Crippen molar-refractivity contribution in [3.05, 3.63) is 59.4 Å². The van der Waals surface area contributed by atoms with Crippen LogP contribution in [0.1, 0.15) is 58.8 Å². The molecule has 32 heavy (non-hydrogen) atoms. The topological polar surface area (TPSA) is 108 Å². The molecule has 0 radical (unpaired) electrons. The Kier molecular flexibility index (Phi) is 8.87. The van der Waals surface area contributed by atoms with E-state index in [1.165, 1.54) is 11.4 Å². The van der Waals surface area contributed by atoms with Crippen LogP contribution in [0.15, 0.2) is 58.0 Å². The molecule has 0 aromatic carbocycles. The number of nitrogens with zero attached hydrogens (tertiary/aromatic N) is 2. The van der Waals surface area contributed by atoms with Gasteiger partial charge in [-0.05, 0) is 49.8 Å². The van der Waals surface area contributed by atoms with Crippen LogP contribution in [0, 0.1) is 10.8 Å². The molecule has 2 aliphatic heterocycles. The van der Waals surface area contributed by atoms with E-state index in [-0.39, 0.29) is 10.8 Å². The third-order valence-electron chi connectivity index (χ3n) is 5.25. The van der Waals surface area contributed by atoms with E-state index in [9.17, 15) is 4.79 Å². The summed E-state index contributed by atoms with van der Waals surface area (Å²) in [6.45, 7) is 10.8. The first kappa shape index (κ1) is 25.4. The fraction of sp³-hybridized carbons (Fsp3) is 0.375. The molecule has 0 saturated heterocycles. The van der Waals surface area contributed by atoms with E-state index in [2.05, 4.69) is 66.7 Å². The number of allylic oxidation sites excluding steroid dienone is 2. The number of nitrogens with one attached hydrogen (secondary N) is 2. The van der Waals surface area contributed by atoms with E-state index in [0.29, 0.717) is 5.71 Å². The van der Waals surface area contributed by atoms with Crippen molar-refractivity contribution in [2.75, 3.05) is 0 Å². The van der Waals surface area contributed by atoms with Crippen molar-refractivity contribution in [2.45, 2.75) is 47.5 Å². The number of carbonyl (C=O) groups is 1. The summed E-state index contributed by atoms with van der Waals surface area (Å²) in [6.07, 6.45) is 10.6. The molecule has 2 aliphatic rings. The number of carbonyl (C=O) groups excluding carboxylic acids is 1. The molecule has 4 rings (SSSR count). The van der Waals surface area contributed by atoms with Gasteiger partial charge in [-0.25, -0.2) is 0 Å². The number of hydrogen-bond acceptors (Lipinski definition) is 5. The number of aliphatic imine (C=N–C) groups is 2. The summed E-state index contributed by atoms with van der Waals surface area (Å²) < 4.78 is 16.9. The summed E-state index contributed by atoms with van der Waals surface area (Å²) in [5, 5.41) is 0. The first-order valence-corrected chi connectivity index (χ1v) is 11.7. The first-order valence-electron chi connectivity index (χ1n) is 10.3. The Bertz CT molecular complexity index is 1070. The first-order chi connectivity index (χ1) is 15.1. The number of hydrogen-bond donors (Lipinski definition) is 2. The summed E-state index contributed by atoms with van der Waals surface area (Å²) in [5.74, 6) is 0. The molecule has 2 aromatic heterocycles. The normalized spacial score (nSPS) is 20.5. The predicted molar refractivity (Wildman–Crippen MR) is 128 cm³/mol. The Balaban J connectivity index is 0.000000203. The van der Waals surface area contributed by atoms with Crippen molar-refractivity contribution >= 4 is 44.7 Å². The molecule has 0 fully saturated rings. The molecule has 0 atom stereocenters. The van der Waals surface area contributed by atoms with Gasteiger partial charge in [0.05, 0.1) is 5.71 Å². The van der Waals surface area contributed by atoms with Gasteiger partial charge in [0.25, 0.3) is 0 Å². The van der Waals surface area contributed by atoms with Crippen LogP contribution in [0.2, 0.25) is 0 Å². The molecule has 7 nitrogen and oxygen atoms in total. The van der Waals surface area contributed by atoms with Gasteiger partial charge in [-0.15, -0.1) is 0 Å². The summed E-state index contributed by atoms with van der Waals surface area (Å²) >= 11 is -1.62. The van der Waals surface area contributed by atoms with Crippen molar-refractivity contribution in [1.82, 2.24) is 9.97 Å². The van der Waals surface area contributed by atoms with Crippen LogP contribution in [0.25, 0.3) is 12.2 Å². The summed E-state index contributed by atoms with van der Waals surface area (Å²) in [7, 11) is 0. The Hall–Kier alpha value is -2.83. The van der Waals surface area contributed by atoms with Crippen LogP contribution in [0.4, 0.5) is 0 Å². The van der Waals surface area contributed by atoms with Gasteiger partial charge < -0.3 is 9.97 Å². The fourth-order valence-electron chi connectivity index (χ4n) is 3.70. The predicted octanol–water partition coefficient (Wildman–Crippen LogP) is 5.05. The SMILES string of the molecule is CC1(C)CC(C=O)=N/C1=C\c1ccc[nH]1.CC1=N/C(=C\c2ccc[nH]2)C(C)(C)C1.O=[Se]=O. The van der Waals surface area contributed by atoms with Crippen LogP contribution in [0.5, 0.6) is 0 Å². The van der Waals surface area contributed by atoms with E-state index in [1.54, 1.807) is 0 Å². The Labute approximate surface area is 194 Å². The zero-order chi connectivity index (χ0) is 23.8. The molecular weight excluding hydrogens is 471 g/mol. The molecule has 170 valence electrons. The van der Waals surface area contributed by atoms with E-state index >= 15 is 0 Å². The molecule has 8 heteroatoms. The van der Waals surface area contributed by atoms with Gasteiger partial charge in [-0.3, -0.25) is 14.8 Å². The van der Waals surface area contributed by atoms with E-state index < -0.39 is 14.8 Å². The minimum absolute atomic E-state index is 0.0403. The zero-order valence-electron chi connectivity index (χ0n) is 19.1. The van der Waals surface area contributed by atoms with E-state index in [4.69, 9.17) is 7.67 Å². The average Bonchev–Trinajstić information content (AvgIpc) is 3.48. The molecule has 0 saturated carbocycles. The second kappa shape index (κ2) is 11.2. The second-order valence-electron chi connectivity index (χ2n) is 9.07. The third kappa shape index (κ3) is 7.11. The Morgan fingerprint density at radius 1 is 0.875 bits per heavy atom. The molecule has 0 aliphatic carbocycles. The summed E-state index contributed by atoms with van der Waals surface area (Å²) in [6, 6.07) is 7.99. The van der Waals surface area contributed by atoms with Crippen LogP contribution < -0.4 is 0 Å². The fourth-order valence-corrected chi connectivity index (χ4v) is 3.70. The van der Waals surface area contributed by atoms with Crippen LogP contribution in [0.3, 0.4) is 0 Å². The van der Waals surface area contributed by atoms with Crippen molar-refractivity contribution in [2.24, 2.45) is 20.8 Å². The minimum atomic E-state index is -1.62. The number of aromatic nitrogens is 2. The molecular formula is C24H30N4O3Se. The van der Waals surface area contributed by atoms with Crippen LogP contribution >= 0.6 is 0 Å². The van der Waals surface area contributed by atoms with Gasteiger partial charge >= 0.3 is 22.5 Å². The van der Waals surface area contributed by atoms with Gasteiger partial charge in [0.2, 0.25) is 0 Å². The van der Waals surface area contributed by atoms with Gasteiger partial charge in [0.1, 0.15) is 0 Å². The van der Waals surface area contributed by atoms with E-state index in [1.807, 2.05) is 36.7 Å². The van der Waals surface area contributed by atoms with Crippen molar-refractivity contribution in [1.29, 1.82) is 0 Å². The summed E-state index contributed by atoms with van der Waals surface area (Å²) in [4.78, 5) is 25.8. The van der Waals surface area contributed by atoms with Gasteiger partial charge in [0.15, 0.2) is 6.29 Å². The third-order valence-corrected chi connectivity index (χ3v) is 5.25. The maximum atomic E-state index is 10.7. The van der Waals surface area contributed by atoms with Crippen molar-refractivity contribution in [3.63, 3.8) is 0 Å². The Morgan fingerprint density at radius 2 is 1.34 bits per heavy atom. The standard InChI is InChI=1S/C12H14N2O.C12H16N2.O2Se/c1-12(2)7-10(8-15)14-11(12)6-9-4-3-5-13-9;1-9-8-12(2,3)11(14-9)7-10-5-4-6-13-10;1-3-2/h3-6,8,13H,7H2,1-2H3;4-7,13H,8H2,1-3H3;/b11-6-;11-7-;. The number of rotatable bonds is 3. The van der Waals surface area contributed by atoms with Crippen molar-refractivity contribution in [3.8, 4) is 0 Å². The molecule has 0 spiro atoms. The van der Waals surface area contributed by atoms with E-state index in [0.717, 1.165) is 36.2 Å². The van der Waals surface area contributed by atoms with Gasteiger partial charge in [-0.2, -0.15) is 0 Å². The molecule has 0 amide bonds. The van der Waals surface area contributed by atoms with Crippen LogP contribution in [-0.4, -0.2) is 42.5 Å². The number of aldehydes is 1. The van der Waals surface area contributed by atoms with Gasteiger partial charge in [0, 0.05) is 58.1 Å². The van der Waals surface area contributed by atoms with Crippen molar-refractivity contribution < 1.29 is 12.5 Å². The Morgan fingerprint density at radius 3 is 1.69 bits per heavy atom. The molecule has 4 heterocycles. The monoisotopic (exact) mass is 502 g/mol. The maximum absolute atomic E-state index is 10.7. The molecule has 0 unspecified atom stereocenters. The quantitative estimate of drug-likeness (QED) is 0.454. The molecule has 0 bridgehead atoms. The van der Waals surface area contributed by atoms with Gasteiger partial charge in [-0.1, -0.05) is 27.7 Å². The van der Waals surface area contributed by atoms with Crippen LogP contribution in [-0.2, 0) is 12.5 Å². The molecule has 2 aromatic rings.